The van der Waals surface area contributed by atoms with Gasteiger partial charge >= 0.3 is 0 Å². The van der Waals surface area contributed by atoms with Gasteiger partial charge in [-0.05, 0) is 49.9 Å². The molecule has 178 valence electrons. The molecule has 0 saturated heterocycles. The van der Waals surface area contributed by atoms with E-state index in [2.05, 4.69) is 0 Å². The van der Waals surface area contributed by atoms with Gasteiger partial charge in [0.15, 0.2) is 17.3 Å². The second-order valence-corrected chi connectivity index (χ2v) is 8.29. The number of hydrogen-bond acceptors (Lipinski definition) is 7. The lowest BCUT2D eigenvalue weighted by Gasteiger charge is -2.14. The Morgan fingerprint density at radius 3 is 2.36 bits per heavy atom. The second-order valence-electron chi connectivity index (χ2n) is 8.29. The van der Waals surface area contributed by atoms with Crippen molar-refractivity contribution in [3.05, 3.63) is 41.5 Å². The molecule has 0 atom stereocenters. The van der Waals surface area contributed by atoms with E-state index in [-0.39, 0.29) is 11.5 Å². The smallest absolute Gasteiger partial charge is 0.298 e. The van der Waals surface area contributed by atoms with Crippen LogP contribution in [-0.4, -0.2) is 37.7 Å². The number of ether oxygens (including phenoxy) is 4. The number of Topliss-reactive ketones (excluding diaryl/α,β-unsaturated/α-hetero) is 1. The number of rotatable bonds is 13. The fourth-order valence-corrected chi connectivity index (χ4v) is 4.12. The number of phenolic OH excluding ortho intramolecular Hbond substituents is 1. The number of aromatic hydroxyl groups is 1. The van der Waals surface area contributed by atoms with Gasteiger partial charge in [0.25, 0.3) is 6.47 Å². The van der Waals surface area contributed by atoms with Crippen LogP contribution in [0.3, 0.4) is 0 Å². The molecule has 1 N–H and O–H groups in total. The molecule has 0 amide bonds. The highest BCUT2D eigenvalue weighted by Crippen LogP contribution is 2.35. The lowest BCUT2D eigenvalue weighted by Crippen LogP contribution is -2.08. The van der Waals surface area contributed by atoms with Gasteiger partial charge in [-0.25, -0.2) is 0 Å². The molecule has 0 bridgehead atoms. The maximum absolute atomic E-state index is 12.6. The molecule has 0 heterocycles. The van der Waals surface area contributed by atoms with Crippen molar-refractivity contribution in [3.63, 3.8) is 0 Å². The van der Waals surface area contributed by atoms with Crippen molar-refractivity contribution in [2.24, 2.45) is 5.92 Å². The number of unbranched alkanes of at least 4 members (excludes halogenated alkanes) is 1. The number of phenols is 1. The maximum Gasteiger partial charge on any atom is 0.298 e. The molecule has 1 aliphatic rings. The van der Waals surface area contributed by atoms with Crippen LogP contribution in [0.4, 0.5) is 0 Å². The zero-order chi connectivity index (χ0) is 23.6. The van der Waals surface area contributed by atoms with Crippen molar-refractivity contribution in [1.82, 2.24) is 0 Å². The topological polar surface area (TPSA) is 91.3 Å². The first-order valence-corrected chi connectivity index (χ1v) is 11.4. The van der Waals surface area contributed by atoms with Crippen molar-refractivity contribution in [2.45, 2.75) is 51.9 Å². The van der Waals surface area contributed by atoms with Gasteiger partial charge in [0.05, 0.1) is 25.9 Å². The van der Waals surface area contributed by atoms with E-state index in [1.807, 2.05) is 0 Å². The number of ketones is 1. The third-order valence-corrected chi connectivity index (χ3v) is 6.00. The maximum atomic E-state index is 12.6. The van der Waals surface area contributed by atoms with Gasteiger partial charge in [0.1, 0.15) is 17.2 Å². The van der Waals surface area contributed by atoms with Crippen molar-refractivity contribution < 1.29 is 33.6 Å². The van der Waals surface area contributed by atoms with Crippen LogP contribution in [0.5, 0.6) is 28.7 Å². The van der Waals surface area contributed by atoms with E-state index in [0.29, 0.717) is 66.1 Å². The number of methoxy groups -OCH3 is 1. The van der Waals surface area contributed by atoms with Crippen molar-refractivity contribution >= 4 is 12.3 Å². The van der Waals surface area contributed by atoms with Crippen LogP contribution in [-0.2, 0) is 4.79 Å². The number of benzene rings is 2. The highest BCUT2D eigenvalue weighted by molar-refractivity contribution is 5.99. The summed E-state index contributed by atoms with van der Waals surface area (Å²) in [7, 11) is 1.54. The Morgan fingerprint density at radius 2 is 1.70 bits per heavy atom. The van der Waals surface area contributed by atoms with Gasteiger partial charge in [-0.1, -0.05) is 25.7 Å². The summed E-state index contributed by atoms with van der Waals surface area (Å²) in [6.45, 7) is 3.01. The van der Waals surface area contributed by atoms with E-state index < -0.39 is 0 Å². The predicted octanol–water partition coefficient (Wildman–Crippen LogP) is 5.25. The Bertz CT molecular complexity index is 948. The van der Waals surface area contributed by atoms with E-state index in [4.69, 9.17) is 18.9 Å². The first-order chi connectivity index (χ1) is 16.0. The SMILES string of the molecule is COc1ccc(OC=O)cc1OCCCCOc1ccc(C(=O)CC2CCCC2)c(O)c1C. The Kier molecular flexibility index (Phi) is 8.98. The minimum Gasteiger partial charge on any atom is -0.507 e. The molecule has 0 spiro atoms. The van der Waals surface area contributed by atoms with E-state index in [1.165, 1.54) is 12.8 Å². The molecular weight excluding hydrogens is 424 g/mol. The summed E-state index contributed by atoms with van der Waals surface area (Å²) in [6, 6.07) is 8.33. The molecule has 7 nitrogen and oxygen atoms in total. The minimum atomic E-state index is 0.00392. The average Bonchev–Trinajstić information content (AvgIpc) is 3.32. The first kappa shape index (κ1) is 24.4. The number of hydrogen-bond donors (Lipinski definition) is 1. The summed E-state index contributed by atoms with van der Waals surface area (Å²) in [4.78, 5) is 23.1. The largest absolute Gasteiger partial charge is 0.507 e. The van der Waals surface area contributed by atoms with Crippen LogP contribution < -0.4 is 18.9 Å². The molecule has 3 rings (SSSR count). The molecular formula is C26H32O7. The summed E-state index contributed by atoms with van der Waals surface area (Å²) in [6.07, 6.45) is 6.54. The van der Waals surface area contributed by atoms with Crippen molar-refractivity contribution in [1.29, 1.82) is 0 Å². The van der Waals surface area contributed by atoms with Crippen LogP contribution in [0.15, 0.2) is 30.3 Å². The zero-order valence-corrected chi connectivity index (χ0v) is 19.3. The predicted molar refractivity (Wildman–Crippen MR) is 124 cm³/mol. The Balaban J connectivity index is 1.45. The van der Waals surface area contributed by atoms with E-state index >= 15 is 0 Å². The van der Waals surface area contributed by atoms with E-state index in [1.54, 1.807) is 44.4 Å². The van der Waals surface area contributed by atoms with Crippen LogP contribution in [0, 0.1) is 12.8 Å². The molecule has 33 heavy (non-hydrogen) atoms. The van der Waals surface area contributed by atoms with Crippen LogP contribution >= 0.6 is 0 Å². The van der Waals surface area contributed by atoms with Crippen LogP contribution in [0.2, 0.25) is 0 Å². The normalized spacial score (nSPS) is 13.5. The summed E-state index contributed by atoms with van der Waals surface area (Å²) in [5.41, 5.74) is 0.968. The number of carbonyl (C=O) groups excluding carboxylic acids is 2. The molecule has 0 aliphatic heterocycles. The van der Waals surface area contributed by atoms with Gasteiger partial charge in [0, 0.05) is 18.1 Å². The molecule has 1 fully saturated rings. The number of carbonyl (C=O) groups is 2. The minimum absolute atomic E-state index is 0.00392. The summed E-state index contributed by atoms with van der Waals surface area (Å²) >= 11 is 0. The quantitative estimate of drug-likeness (QED) is 0.250. The molecule has 0 unspecified atom stereocenters. The standard InChI is InChI=1S/C26H32O7/c1-18-23(12-10-21(26(18)29)22(28)15-19-7-3-4-8-19)31-13-5-6-14-32-25-16-20(33-17-27)9-11-24(25)30-2/h9-12,16-17,19,29H,3-8,13-15H2,1-2H3. The molecule has 1 saturated carbocycles. The molecule has 0 aromatic heterocycles. The van der Waals surface area contributed by atoms with E-state index in [0.717, 1.165) is 25.7 Å². The summed E-state index contributed by atoms with van der Waals surface area (Å²) in [5.74, 6) is 2.47. The van der Waals surface area contributed by atoms with Crippen LogP contribution in [0.1, 0.15) is 60.9 Å². The first-order valence-electron chi connectivity index (χ1n) is 11.4. The third-order valence-electron chi connectivity index (χ3n) is 6.00. The Morgan fingerprint density at radius 1 is 1.03 bits per heavy atom. The van der Waals surface area contributed by atoms with Gasteiger partial charge in [0.2, 0.25) is 0 Å². The zero-order valence-electron chi connectivity index (χ0n) is 19.3. The molecule has 2 aromatic rings. The highest BCUT2D eigenvalue weighted by Gasteiger charge is 2.22. The highest BCUT2D eigenvalue weighted by atomic mass is 16.5. The monoisotopic (exact) mass is 456 g/mol. The van der Waals surface area contributed by atoms with Crippen LogP contribution in [0.25, 0.3) is 0 Å². The summed E-state index contributed by atoms with van der Waals surface area (Å²) in [5, 5.41) is 10.5. The summed E-state index contributed by atoms with van der Waals surface area (Å²) < 4.78 is 21.7. The average molecular weight is 457 g/mol. The fourth-order valence-electron chi connectivity index (χ4n) is 4.12. The molecule has 2 aromatic carbocycles. The van der Waals surface area contributed by atoms with Gasteiger partial charge in [-0.15, -0.1) is 0 Å². The van der Waals surface area contributed by atoms with E-state index in [9.17, 15) is 14.7 Å². The fraction of sp³-hybridized carbons (Fsp3) is 0.462. The lowest BCUT2D eigenvalue weighted by atomic mass is 9.95. The lowest BCUT2D eigenvalue weighted by molar-refractivity contribution is -0.120. The molecule has 7 heteroatoms. The van der Waals surface area contributed by atoms with Gasteiger partial charge in [-0.3, -0.25) is 9.59 Å². The second kappa shape index (κ2) is 12.1. The van der Waals surface area contributed by atoms with Crippen molar-refractivity contribution in [2.75, 3.05) is 20.3 Å². The van der Waals surface area contributed by atoms with Gasteiger partial charge < -0.3 is 24.1 Å². The van der Waals surface area contributed by atoms with Crippen molar-refractivity contribution in [3.8, 4) is 28.7 Å². The molecule has 0 radical (unpaired) electrons. The Hall–Kier alpha value is -3.22. The third kappa shape index (κ3) is 6.63. The Labute approximate surface area is 194 Å². The van der Waals surface area contributed by atoms with Gasteiger partial charge in [-0.2, -0.15) is 0 Å². The molecule has 1 aliphatic carbocycles.